The van der Waals surface area contributed by atoms with Crippen LogP contribution in [-0.4, -0.2) is 28.5 Å². The lowest BCUT2D eigenvalue weighted by atomic mass is 10.1. The average molecular weight is 311 g/mol. The quantitative estimate of drug-likeness (QED) is 0.795. The van der Waals surface area contributed by atoms with Gasteiger partial charge in [0.05, 0.1) is 5.37 Å². The van der Waals surface area contributed by atoms with Gasteiger partial charge in [0, 0.05) is 11.4 Å². The molecular formula is C16H22FNO2S. The van der Waals surface area contributed by atoms with Crippen LogP contribution in [0, 0.1) is 5.82 Å². The van der Waals surface area contributed by atoms with Crippen molar-refractivity contribution in [2.24, 2.45) is 0 Å². The number of amides is 1. The van der Waals surface area contributed by atoms with Gasteiger partial charge in [0.2, 0.25) is 0 Å². The highest BCUT2D eigenvalue weighted by molar-refractivity contribution is 7.99. The first-order valence-electron chi connectivity index (χ1n) is 7.27. The van der Waals surface area contributed by atoms with Gasteiger partial charge in [-0.15, -0.1) is 11.8 Å². The molecule has 116 valence electrons. The molecule has 1 aliphatic heterocycles. The van der Waals surface area contributed by atoms with E-state index in [1.165, 1.54) is 12.1 Å². The van der Waals surface area contributed by atoms with Gasteiger partial charge < -0.3 is 4.74 Å². The molecule has 0 spiro atoms. The van der Waals surface area contributed by atoms with Gasteiger partial charge in [0.15, 0.2) is 0 Å². The van der Waals surface area contributed by atoms with Crippen LogP contribution in [0.1, 0.15) is 40.0 Å². The number of halogens is 1. The Morgan fingerprint density at radius 2 is 1.95 bits per heavy atom. The highest BCUT2D eigenvalue weighted by atomic mass is 32.2. The first kappa shape index (κ1) is 16.1. The fourth-order valence-electron chi connectivity index (χ4n) is 2.22. The van der Waals surface area contributed by atoms with Crippen molar-refractivity contribution in [3.63, 3.8) is 0 Å². The van der Waals surface area contributed by atoms with Crippen LogP contribution in [0.4, 0.5) is 9.18 Å². The van der Waals surface area contributed by atoms with Crippen LogP contribution in [0.3, 0.4) is 0 Å². The topological polar surface area (TPSA) is 29.5 Å². The molecule has 0 aliphatic carbocycles. The number of hydrogen-bond donors (Lipinski definition) is 0. The second-order valence-corrected chi connectivity index (χ2v) is 7.45. The van der Waals surface area contributed by atoms with Crippen molar-refractivity contribution in [2.75, 3.05) is 6.54 Å². The maximum absolute atomic E-state index is 13.0. The molecule has 0 N–H and O–H groups in total. The number of ether oxygens (including phenoxy) is 1. The minimum Gasteiger partial charge on any atom is -0.444 e. The lowest BCUT2D eigenvalue weighted by Gasteiger charge is -2.36. The summed E-state index contributed by atoms with van der Waals surface area (Å²) in [6.45, 7) is 6.33. The molecule has 0 saturated carbocycles. The van der Waals surface area contributed by atoms with E-state index in [0.29, 0.717) is 6.54 Å². The number of benzene rings is 1. The van der Waals surface area contributed by atoms with Gasteiger partial charge in [-0.1, -0.05) is 0 Å². The lowest BCUT2D eigenvalue weighted by Crippen LogP contribution is -2.44. The SMILES string of the molecule is CC(C)(C)OC(=O)N1CCCCC1Sc1ccc(F)cc1. The van der Waals surface area contributed by atoms with Gasteiger partial charge in [-0.3, -0.25) is 4.90 Å². The van der Waals surface area contributed by atoms with Crippen LogP contribution in [0.25, 0.3) is 0 Å². The summed E-state index contributed by atoms with van der Waals surface area (Å²) in [6.07, 6.45) is 2.76. The highest BCUT2D eigenvalue weighted by Crippen LogP contribution is 2.33. The van der Waals surface area contributed by atoms with Crippen LogP contribution >= 0.6 is 11.8 Å². The third-order valence-electron chi connectivity index (χ3n) is 3.16. The van der Waals surface area contributed by atoms with E-state index >= 15 is 0 Å². The van der Waals surface area contributed by atoms with E-state index < -0.39 is 5.60 Å². The number of nitrogens with zero attached hydrogens (tertiary/aromatic N) is 1. The third-order valence-corrected chi connectivity index (χ3v) is 4.47. The highest BCUT2D eigenvalue weighted by Gasteiger charge is 2.31. The Balaban J connectivity index is 2.04. The molecule has 1 aromatic carbocycles. The smallest absolute Gasteiger partial charge is 0.411 e. The van der Waals surface area contributed by atoms with Crippen molar-refractivity contribution in [3.8, 4) is 0 Å². The number of piperidine rings is 1. The summed E-state index contributed by atoms with van der Waals surface area (Å²) in [5.41, 5.74) is -0.486. The summed E-state index contributed by atoms with van der Waals surface area (Å²) in [5.74, 6) is -0.244. The zero-order chi connectivity index (χ0) is 15.5. The number of rotatable bonds is 2. The Hall–Kier alpha value is -1.23. The molecule has 0 aromatic heterocycles. The second kappa shape index (κ2) is 6.69. The number of hydrogen-bond acceptors (Lipinski definition) is 3. The molecule has 0 bridgehead atoms. The number of likely N-dealkylation sites (tertiary alicyclic amines) is 1. The number of carbonyl (C=O) groups is 1. The fourth-order valence-corrected chi connectivity index (χ4v) is 3.43. The average Bonchev–Trinajstić information content (AvgIpc) is 2.40. The molecule has 1 unspecified atom stereocenters. The maximum Gasteiger partial charge on any atom is 0.411 e. The van der Waals surface area contributed by atoms with Crippen molar-refractivity contribution < 1.29 is 13.9 Å². The van der Waals surface area contributed by atoms with Crippen molar-refractivity contribution >= 4 is 17.9 Å². The van der Waals surface area contributed by atoms with Gasteiger partial charge in [-0.05, 0) is 64.3 Å². The molecule has 1 aliphatic rings. The van der Waals surface area contributed by atoms with Crippen molar-refractivity contribution in [3.05, 3.63) is 30.1 Å². The monoisotopic (exact) mass is 311 g/mol. The van der Waals surface area contributed by atoms with Gasteiger partial charge in [0.25, 0.3) is 0 Å². The molecule has 1 atom stereocenters. The minimum absolute atomic E-state index is 0.0547. The molecule has 1 aromatic rings. The van der Waals surface area contributed by atoms with E-state index in [1.807, 2.05) is 20.8 Å². The van der Waals surface area contributed by atoms with Crippen LogP contribution in [-0.2, 0) is 4.74 Å². The fraction of sp³-hybridized carbons (Fsp3) is 0.562. The summed E-state index contributed by atoms with van der Waals surface area (Å²) >= 11 is 1.59. The van der Waals surface area contributed by atoms with Crippen LogP contribution in [0.15, 0.2) is 29.2 Å². The predicted molar refractivity (Wildman–Crippen MR) is 82.8 cm³/mol. The van der Waals surface area contributed by atoms with Crippen molar-refractivity contribution in [1.29, 1.82) is 0 Å². The Labute approximate surface area is 129 Å². The first-order chi connectivity index (χ1) is 9.85. The molecular weight excluding hydrogens is 289 g/mol. The zero-order valence-corrected chi connectivity index (χ0v) is 13.6. The summed E-state index contributed by atoms with van der Waals surface area (Å²) < 4.78 is 18.4. The summed E-state index contributed by atoms with van der Waals surface area (Å²) in [5, 5.41) is 0.0547. The van der Waals surface area contributed by atoms with E-state index in [1.54, 1.807) is 28.8 Å². The molecule has 5 heteroatoms. The first-order valence-corrected chi connectivity index (χ1v) is 8.15. The summed E-state index contributed by atoms with van der Waals surface area (Å²) in [6, 6.07) is 6.40. The molecule has 3 nitrogen and oxygen atoms in total. The van der Waals surface area contributed by atoms with Gasteiger partial charge >= 0.3 is 6.09 Å². The van der Waals surface area contributed by atoms with Crippen LogP contribution in [0.5, 0.6) is 0 Å². The Bertz CT molecular complexity index is 484. The summed E-state index contributed by atoms with van der Waals surface area (Å²) in [7, 11) is 0. The van der Waals surface area contributed by atoms with E-state index in [9.17, 15) is 9.18 Å². The van der Waals surface area contributed by atoms with Gasteiger partial charge in [-0.2, -0.15) is 0 Å². The molecule has 0 radical (unpaired) electrons. The van der Waals surface area contributed by atoms with E-state index in [-0.39, 0.29) is 17.3 Å². The molecule has 1 fully saturated rings. The standard InChI is InChI=1S/C16H22FNO2S/c1-16(2,3)20-15(19)18-11-5-4-6-14(18)21-13-9-7-12(17)8-10-13/h7-10,14H,4-6,11H2,1-3H3. The summed E-state index contributed by atoms with van der Waals surface area (Å²) in [4.78, 5) is 15.1. The van der Waals surface area contributed by atoms with Crippen LogP contribution < -0.4 is 0 Å². The minimum atomic E-state index is -0.486. The van der Waals surface area contributed by atoms with E-state index in [0.717, 1.165) is 24.2 Å². The van der Waals surface area contributed by atoms with Gasteiger partial charge in [-0.25, -0.2) is 9.18 Å². The zero-order valence-electron chi connectivity index (χ0n) is 12.8. The second-order valence-electron chi connectivity index (χ2n) is 6.20. The maximum atomic E-state index is 13.0. The molecule has 1 amide bonds. The molecule has 21 heavy (non-hydrogen) atoms. The van der Waals surface area contributed by atoms with E-state index in [4.69, 9.17) is 4.74 Å². The predicted octanol–water partition coefficient (Wildman–Crippen LogP) is 4.66. The Kier molecular flexibility index (Phi) is 5.14. The molecule has 1 heterocycles. The molecule has 2 rings (SSSR count). The van der Waals surface area contributed by atoms with Crippen LogP contribution in [0.2, 0.25) is 0 Å². The normalized spacial score (nSPS) is 19.4. The number of carbonyl (C=O) groups excluding carboxylic acids is 1. The Morgan fingerprint density at radius 1 is 1.29 bits per heavy atom. The van der Waals surface area contributed by atoms with Gasteiger partial charge in [0.1, 0.15) is 11.4 Å². The molecule has 1 saturated heterocycles. The largest absolute Gasteiger partial charge is 0.444 e. The third kappa shape index (κ3) is 4.92. The lowest BCUT2D eigenvalue weighted by molar-refractivity contribution is 0.0186. The van der Waals surface area contributed by atoms with Crippen molar-refractivity contribution in [1.82, 2.24) is 4.90 Å². The number of thioether (sulfide) groups is 1. The van der Waals surface area contributed by atoms with E-state index in [2.05, 4.69) is 0 Å². The van der Waals surface area contributed by atoms with Crippen molar-refractivity contribution in [2.45, 2.75) is 55.9 Å². The Morgan fingerprint density at radius 3 is 2.57 bits per heavy atom.